The van der Waals surface area contributed by atoms with Crippen LogP contribution in [0.1, 0.15) is 19.8 Å². The minimum atomic E-state index is 0.244. The van der Waals surface area contributed by atoms with Gasteiger partial charge in [-0.3, -0.25) is 9.69 Å². The summed E-state index contributed by atoms with van der Waals surface area (Å²) in [5.74, 6) is 0.244. The monoisotopic (exact) mass is 243 g/mol. The maximum Gasteiger partial charge on any atom is 0.222 e. The van der Waals surface area contributed by atoms with Crippen molar-refractivity contribution in [3.8, 4) is 0 Å². The molecule has 0 aliphatic carbocycles. The molecule has 1 fully saturated rings. The van der Waals surface area contributed by atoms with Crippen molar-refractivity contribution in [1.29, 1.82) is 0 Å². The van der Waals surface area contributed by atoms with Crippen molar-refractivity contribution in [3.05, 3.63) is 0 Å². The van der Waals surface area contributed by atoms with Crippen molar-refractivity contribution < 1.29 is 9.53 Å². The lowest BCUT2D eigenvalue weighted by molar-refractivity contribution is -0.134. The van der Waals surface area contributed by atoms with Gasteiger partial charge in [0, 0.05) is 45.8 Å². The van der Waals surface area contributed by atoms with Gasteiger partial charge in [-0.25, -0.2) is 0 Å². The number of hydrogen-bond donors (Lipinski definition) is 1. The summed E-state index contributed by atoms with van der Waals surface area (Å²) in [6, 6.07) is 0.417. The lowest BCUT2D eigenvalue weighted by atomic mass is 10.1. The Morgan fingerprint density at radius 2 is 2.24 bits per heavy atom. The molecular weight excluding hydrogens is 218 g/mol. The van der Waals surface area contributed by atoms with Crippen molar-refractivity contribution in [2.24, 2.45) is 5.73 Å². The largest absolute Gasteiger partial charge is 0.383 e. The molecule has 1 amide bonds. The third-order valence-corrected chi connectivity index (χ3v) is 3.30. The highest BCUT2D eigenvalue weighted by Crippen LogP contribution is 2.10. The van der Waals surface area contributed by atoms with E-state index in [4.69, 9.17) is 10.5 Å². The second-order valence-corrected chi connectivity index (χ2v) is 4.61. The van der Waals surface area contributed by atoms with Gasteiger partial charge in [0.25, 0.3) is 0 Å². The minimum Gasteiger partial charge on any atom is -0.383 e. The van der Waals surface area contributed by atoms with E-state index in [0.29, 0.717) is 19.0 Å². The van der Waals surface area contributed by atoms with E-state index in [0.717, 1.165) is 39.2 Å². The van der Waals surface area contributed by atoms with Crippen LogP contribution in [-0.2, 0) is 9.53 Å². The molecule has 100 valence electrons. The molecule has 0 saturated carbocycles. The average Bonchev–Trinajstić information content (AvgIpc) is 2.34. The normalized spacial score (nSPS) is 21.8. The molecule has 1 saturated heterocycles. The number of methoxy groups -OCH3 is 1. The number of carbonyl (C=O) groups is 1. The minimum absolute atomic E-state index is 0.244. The molecule has 0 aromatic heterocycles. The van der Waals surface area contributed by atoms with Crippen molar-refractivity contribution >= 4 is 5.91 Å². The Labute approximate surface area is 104 Å². The summed E-state index contributed by atoms with van der Waals surface area (Å²) in [5.41, 5.74) is 5.42. The Morgan fingerprint density at radius 3 is 2.82 bits per heavy atom. The summed E-state index contributed by atoms with van der Waals surface area (Å²) in [4.78, 5) is 16.2. The van der Waals surface area contributed by atoms with Crippen molar-refractivity contribution in [2.45, 2.75) is 25.8 Å². The van der Waals surface area contributed by atoms with Crippen LogP contribution in [-0.4, -0.2) is 68.2 Å². The van der Waals surface area contributed by atoms with Crippen LogP contribution in [0.4, 0.5) is 0 Å². The highest BCUT2D eigenvalue weighted by Gasteiger charge is 2.25. The highest BCUT2D eigenvalue weighted by molar-refractivity contribution is 5.76. The summed E-state index contributed by atoms with van der Waals surface area (Å²) in [7, 11) is 1.72. The Balaban J connectivity index is 2.32. The first-order valence-electron chi connectivity index (χ1n) is 6.40. The predicted molar refractivity (Wildman–Crippen MR) is 67.8 cm³/mol. The number of rotatable bonds is 6. The molecule has 0 bridgehead atoms. The lowest BCUT2D eigenvalue weighted by Crippen LogP contribution is -2.54. The number of hydrogen-bond acceptors (Lipinski definition) is 4. The zero-order valence-corrected chi connectivity index (χ0v) is 11.0. The van der Waals surface area contributed by atoms with Crippen LogP contribution in [0.2, 0.25) is 0 Å². The summed E-state index contributed by atoms with van der Waals surface area (Å²) < 4.78 is 5.08. The Hall–Kier alpha value is -0.650. The average molecular weight is 243 g/mol. The number of nitrogens with zero attached hydrogens (tertiary/aromatic N) is 2. The molecule has 1 unspecified atom stereocenters. The van der Waals surface area contributed by atoms with E-state index in [9.17, 15) is 4.79 Å². The molecule has 1 rings (SSSR count). The molecule has 2 N–H and O–H groups in total. The van der Waals surface area contributed by atoms with Gasteiger partial charge in [-0.1, -0.05) is 0 Å². The first-order valence-corrected chi connectivity index (χ1v) is 6.40. The molecular formula is C12H25N3O2. The molecule has 1 heterocycles. The number of amides is 1. The molecule has 5 nitrogen and oxygen atoms in total. The first kappa shape index (κ1) is 14.4. The maximum atomic E-state index is 11.9. The molecule has 1 aliphatic heterocycles. The predicted octanol–water partition coefficient (Wildman–Crippen LogP) is -0.0956. The van der Waals surface area contributed by atoms with Gasteiger partial charge in [-0.05, 0) is 19.9 Å². The second kappa shape index (κ2) is 7.63. The van der Waals surface area contributed by atoms with Crippen LogP contribution in [0.15, 0.2) is 0 Å². The molecule has 5 heteroatoms. The van der Waals surface area contributed by atoms with E-state index in [2.05, 4.69) is 11.8 Å². The fraction of sp³-hybridized carbons (Fsp3) is 0.917. The zero-order chi connectivity index (χ0) is 12.7. The van der Waals surface area contributed by atoms with Crippen LogP contribution >= 0.6 is 0 Å². The topological polar surface area (TPSA) is 58.8 Å². The molecule has 0 spiro atoms. The SMILES string of the molecule is COCCN1CCN(C(=O)CCCN)CC1C. The van der Waals surface area contributed by atoms with Crippen molar-refractivity contribution in [1.82, 2.24) is 9.80 Å². The summed E-state index contributed by atoms with van der Waals surface area (Å²) in [6.07, 6.45) is 1.37. The standard InChI is InChI=1S/C12H25N3O2/c1-11-10-15(12(16)4-3-5-13)7-6-14(11)8-9-17-2/h11H,3-10,13H2,1-2H3. The molecule has 1 aliphatic rings. The van der Waals surface area contributed by atoms with Gasteiger partial charge in [0.1, 0.15) is 0 Å². The smallest absolute Gasteiger partial charge is 0.222 e. The molecule has 1 atom stereocenters. The third kappa shape index (κ3) is 4.61. The van der Waals surface area contributed by atoms with E-state index in [-0.39, 0.29) is 5.91 Å². The van der Waals surface area contributed by atoms with Crippen molar-refractivity contribution in [3.63, 3.8) is 0 Å². The van der Waals surface area contributed by atoms with Crippen LogP contribution in [0.25, 0.3) is 0 Å². The fourth-order valence-electron chi connectivity index (χ4n) is 2.17. The van der Waals surface area contributed by atoms with Crippen LogP contribution in [0, 0.1) is 0 Å². The van der Waals surface area contributed by atoms with Crippen LogP contribution in [0.3, 0.4) is 0 Å². The first-order chi connectivity index (χ1) is 8.19. The van der Waals surface area contributed by atoms with Crippen LogP contribution < -0.4 is 5.73 Å². The molecule has 17 heavy (non-hydrogen) atoms. The Morgan fingerprint density at radius 1 is 1.47 bits per heavy atom. The van der Waals surface area contributed by atoms with Gasteiger partial charge in [0.15, 0.2) is 0 Å². The fourth-order valence-corrected chi connectivity index (χ4v) is 2.17. The van der Waals surface area contributed by atoms with Gasteiger partial charge in [0.2, 0.25) is 5.91 Å². The number of piperazine rings is 1. The number of nitrogens with two attached hydrogens (primary N) is 1. The van der Waals surface area contributed by atoms with E-state index < -0.39 is 0 Å². The number of carbonyl (C=O) groups excluding carboxylic acids is 1. The van der Waals surface area contributed by atoms with Gasteiger partial charge >= 0.3 is 0 Å². The summed E-state index contributed by atoms with van der Waals surface area (Å²) >= 11 is 0. The third-order valence-electron chi connectivity index (χ3n) is 3.30. The Kier molecular flexibility index (Phi) is 6.47. The van der Waals surface area contributed by atoms with Crippen molar-refractivity contribution in [2.75, 3.05) is 46.4 Å². The quantitative estimate of drug-likeness (QED) is 0.708. The van der Waals surface area contributed by atoms with E-state index in [1.54, 1.807) is 7.11 Å². The second-order valence-electron chi connectivity index (χ2n) is 4.61. The lowest BCUT2D eigenvalue weighted by Gasteiger charge is -2.39. The van der Waals surface area contributed by atoms with Gasteiger partial charge < -0.3 is 15.4 Å². The zero-order valence-electron chi connectivity index (χ0n) is 11.0. The number of ether oxygens (including phenoxy) is 1. The molecule has 0 aromatic rings. The van der Waals surface area contributed by atoms with Crippen LogP contribution in [0.5, 0.6) is 0 Å². The molecule has 0 radical (unpaired) electrons. The molecule has 0 aromatic carbocycles. The van der Waals surface area contributed by atoms with E-state index in [1.165, 1.54) is 0 Å². The van der Waals surface area contributed by atoms with Gasteiger partial charge in [-0.2, -0.15) is 0 Å². The van der Waals surface area contributed by atoms with Gasteiger partial charge in [-0.15, -0.1) is 0 Å². The Bertz CT molecular complexity index is 236. The summed E-state index contributed by atoms with van der Waals surface area (Å²) in [6.45, 7) is 7.06. The summed E-state index contributed by atoms with van der Waals surface area (Å²) in [5, 5.41) is 0. The van der Waals surface area contributed by atoms with E-state index >= 15 is 0 Å². The van der Waals surface area contributed by atoms with Gasteiger partial charge in [0.05, 0.1) is 6.61 Å². The van der Waals surface area contributed by atoms with E-state index in [1.807, 2.05) is 4.90 Å². The highest BCUT2D eigenvalue weighted by atomic mass is 16.5. The maximum absolute atomic E-state index is 11.9.